The van der Waals surface area contributed by atoms with Gasteiger partial charge >= 0.3 is 6.03 Å². The van der Waals surface area contributed by atoms with Crippen LogP contribution in [0.25, 0.3) is 0 Å². The standard InChI is InChI=1S/C18H22Cl2N4O2S/c1-10(2)21-17(25)15-9-27-16(23-15)8-24(11(3)4)18(26)22-12-5-6-13(19)14(20)7-12/h5-7,9-11H,8H2,1-4H3,(H,21,25)(H,22,26). The number of hydrogen-bond acceptors (Lipinski definition) is 4. The summed E-state index contributed by atoms with van der Waals surface area (Å²) in [6.07, 6.45) is 0. The molecular weight excluding hydrogens is 407 g/mol. The van der Waals surface area contributed by atoms with Gasteiger partial charge in [-0.25, -0.2) is 9.78 Å². The minimum atomic E-state index is -0.285. The Kier molecular flexibility index (Phi) is 7.47. The highest BCUT2D eigenvalue weighted by Gasteiger charge is 2.20. The average Bonchev–Trinajstić information content (AvgIpc) is 3.04. The molecule has 0 aliphatic heterocycles. The lowest BCUT2D eigenvalue weighted by molar-refractivity contribution is 0.0938. The Labute approximate surface area is 172 Å². The molecule has 2 N–H and O–H groups in total. The summed E-state index contributed by atoms with van der Waals surface area (Å²) < 4.78 is 0. The first-order valence-electron chi connectivity index (χ1n) is 8.45. The summed E-state index contributed by atoms with van der Waals surface area (Å²) in [6, 6.07) is 4.59. The van der Waals surface area contributed by atoms with Gasteiger partial charge in [-0.3, -0.25) is 4.79 Å². The number of halogens is 2. The van der Waals surface area contributed by atoms with Gasteiger partial charge in [0.25, 0.3) is 5.91 Å². The maximum absolute atomic E-state index is 12.7. The van der Waals surface area contributed by atoms with Gasteiger partial charge in [0.05, 0.1) is 16.6 Å². The molecule has 0 saturated heterocycles. The molecule has 0 fully saturated rings. The maximum Gasteiger partial charge on any atom is 0.322 e. The fourth-order valence-corrected chi connectivity index (χ4v) is 3.30. The first kappa shape index (κ1) is 21.5. The van der Waals surface area contributed by atoms with E-state index in [0.29, 0.717) is 33.0 Å². The minimum absolute atomic E-state index is 0.0341. The third kappa shape index (κ3) is 6.09. The molecule has 2 rings (SSSR count). The van der Waals surface area contributed by atoms with E-state index in [-0.39, 0.29) is 24.0 Å². The summed E-state index contributed by atoms with van der Waals surface area (Å²) in [5, 5.41) is 8.78. The highest BCUT2D eigenvalue weighted by molar-refractivity contribution is 7.09. The molecule has 0 saturated carbocycles. The van der Waals surface area contributed by atoms with Crippen LogP contribution < -0.4 is 10.6 Å². The predicted octanol–water partition coefficient (Wildman–Crippen LogP) is 5.03. The van der Waals surface area contributed by atoms with Gasteiger partial charge in [-0.15, -0.1) is 11.3 Å². The first-order chi connectivity index (χ1) is 12.7. The van der Waals surface area contributed by atoms with Gasteiger partial charge < -0.3 is 15.5 Å². The van der Waals surface area contributed by atoms with Crippen molar-refractivity contribution in [3.63, 3.8) is 0 Å². The van der Waals surface area contributed by atoms with Crippen molar-refractivity contribution in [3.8, 4) is 0 Å². The van der Waals surface area contributed by atoms with Crippen LogP contribution >= 0.6 is 34.5 Å². The van der Waals surface area contributed by atoms with E-state index in [1.165, 1.54) is 11.3 Å². The lowest BCUT2D eigenvalue weighted by Gasteiger charge is -2.26. The molecule has 1 heterocycles. The van der Waals surface area contributed by atoms with E-state index in [1.54, 1.807) is 28.5 Å². The number of urea groups is 1. The monoisotopic (exact) mass is 428 g/mol. The SMILES string of the molecule is CC(C)NC(=O)c1csc(CN(C(=O)Nc2ccc(Cl)c(Cl)c2)C(C)C)n1. The molecular formula is C18H22Cl2N4O2S. The molecule has 27 heavy (non-hydrogen) atoms. The second-order valence-corrected chi connectivity index (χ2v) is 8.29. The van der Waals surface area contributed by atoms with E-state index in [0.717, 1.165) is 0 Å². The van der Waals surface area contributed by atoms with Crippen molar-refractivity contribution in [3.05, 3.63) is 44.3 Å². The predicted molar refractivity (Wildman–Crippen MR) is 111 cm³/mol. The number of nitrogens with zero attached hydrogens (tertiary/aromatic N) is 2. The lowest BCUT2D eigenvalue weighted by Crippen LogP contribution is -2.39. The van der Waals surface area contributed by atoms with E-state index in [2.05, 4.69) is 15.6 Å². The van der Waals surface area contributed by atoms with Gasteiger partial charge in [-0.2, -0.15) is 0 Å². The molecule has 6 nitrogen and oxygen atoms in total. The molecule has 2 aromatic rings. The van der Waals surface area contributed by atoms with Crippen molar-refractivity contribution in [2.45, 2.75) is 46.3 Å². The Bertz CT molecular complexity index is 823. The van der Waals surface area contributed by atoms with Crippen molar-refractivity contribution in [1.82, 2.24) is 15.2 Å². The number of hydrogen-bond donors (Lipinski definition) is 2. The minimum Gasteiger partial charge on any atom is -0.349 e. The van der Waals surface area contributed by atoms with Crippen LogP contribution in [0.2, 0.25) is 10.0 Å². The van der Waals surface area contributed by atoms with Gasteiger partial charge in [0.1, 0.15) is 10.7 Å². The molecule has 1 aromatic carbocycles. The van der Waals surface area contributed by atoms with Crippen LogP contribution in [0, 0.1) is 0 Å². The smallest absolute Gasteiger partial charge is 0.322 e. The highest BCUT2D eigenvalue weighted by atomic mass is 35.5. The van der Waals surface area contributed by atoms with E-state index >= 15 is 0 Å². The maximum atomic E-state index is 12.7. The summed E-state index contributed by atoms with van der Waals surface area (Å²) in [7, 11) is 0. The number of amides is 3. The summed E-state index contributed by atoms with van der Waals surface area (Å²) in [6.45, 7) is 7.89. The van der Waals surface area contributed by atoms with Crippen LogP contribution in [-0.2, 0) is 6.54 Å². The van der Waals surface area contributed by atoms with E-state index in [1.807, 2.05) is 27.7 Å². The summed E-state index contributed by atoms with van der Waals surface area (Å²) in [5.41, 5.74) is 0.911. The molecule has 0 atom stereocenters. The Hall–Kier alpha value is -1.83. The molecule has 3 amide bonds. The molecule has 0 radical (unpaired) electrons. The first-order valence-corrected chi connectivity index (χ1v) is 10.1. The van der Waals surface area contributed by atoms with Crippen molar-refractivity contribution in [1.29, 1.82) is 0 Å². The fraction of sp³-hybridized carbons (Fsp3) is 0.389. The van der Waals surface area contributed by atoms with Crippen LogP contribution in [0.1, 0.15) is 43.2 Å². The molecule has 0 aliphatic rings. The Balaban J connectivity index is 2.08. The van der Waals surface area contributed by atoms with Crippen LogP contribution in [-0.4, -0.2) is 33.9 Å². The second-order valence-electron chi connectivity index (χ2n) is 6.54. The number of thiazole rings is 1. The third-order valence-corrected chi connectivity index (χ3v) is 5.14. The van der Waals surface area contributed by atoms with Crippen LogP contribution in [0.3, 0.4) is 0 Å². The third-order valence-electron chi connectivity index (χ3n) is 3.56. The highest BCUT2D eigenvalue weighted by Crippen LogP contribution is 2.25. The second kappa shape index (κ2) is 9.39. The Morgan fingerprint density at radius 2 is 1.89 bits per heavy atom. The van der Waals surface area contributed by atoms with Gasteiger partial charge in [-0.1, -0.05) is 23.2 Å². The zero-order chi connectivity index (χ0) is 20.1. The number of anilines is 1. The zero-order valence-corrected chi connectivity index (χ0v) is 17.9. The van der Waals surface area contributed by atoms with Crippen molar-refractivity contribution < 1.29 is 9.59 Å². The van der Waals surface area contributed by atoms with Crippen LogP contribution in [0.4, 0.5) is 10.5 Å². The number of carbonyl (C=O) groups is 2. The van der Waals surface area contributed by atoms with Crippen LogP contribution in [0.15, 0.2) is 23.6 Å². The van der Waals surface area contributed by atoms with Crippen molar-refractivity contribution >= 4 is 52.2 Å². The van der Waals surface area contributed by atoms with Crippen LogP contribution in [0.5, 0.6) is 0 Å². The Morgan fingerprint density at radius 3 is 2.48 bits per heavy atom. The fourth-order valence-electron chi connectivity index (χ4n) is 2.23. The summed E-state index contributed by atoms with van der Waals surface area (Å²) in [5.74, 6) is -0.219. The topological polar surface area (TPSA) is 74.3 Å². The van der Waals surface area contributed by atoms with Crippen molar-refractivity contribution in [2.24, 2.45) is 0 Å². The quantitative estimate of drug-likeness (QED) is 0.676. The lowest BCUT2D eigenvalue weighted by atomic mass is 10.3. The average molecular weight is 429 g/mol. The molecule has 0 bridgehead atoms. The van der Waals surface area contributed by atoms with E-state index in [9.17, 15) is 9.59 Å². The van der Waals surface area contributed by atoms with E-state index < -0.39 is 0 Å². The number of aromatic nitrogens is 1. The number of benzene rings is 1. The largest absolute Gasteiger partial charge is 0.349 e. The molecule has 1 aromatic heterocycles. The van der Waals surface area contributed by atoms with Gasteiger partial charge in [0.15, 0.2) is 0 Å². The number of nitrogens with one attached hydrogen (secondary N) is 2. The van der Waals surface area contributed by atoms with E-state index in [4.69, 9.17) is 23.2 Å². The number of carbonyl (C=O) groups excluding carboxylic acids is 2. The number of rotatable bonds is 6. The molecule has 146 valence electrons. The van der Waals surface area contributed by atoms with Crippen molar-refractivity contribution in [2.75, 3.05) is 5.32 Å². The van der Waals surface area contributed by atoms with Gasteiger partial charge in [0.2, 0.25) is 0 Å². The molecule has 0 unspecified atom stereocenters. The summed E-state index contributed by atoms with van der Waals surface area (Å²) >= 11 is 13.2. The molecule has 9 heteroatoms. The van der Waals surface area contributed by atoms with Gasteiger partial charge in [-0.05, 0) is 45.9 Å². The zero-order valence-electron chi connectivity index (χ0n) is 15.5. The molecule has 0 spiro atoms. The summed E-state index contributed by atoms with van der Waals surface area (Å²) in [4.78, 5) is 30.7. The Morgan fingerprint density at radius 1 is 1.19 bits per heavy atom. The normalized spacial score (nSPS) is 11.0. The van der Waals surface area contributed by atoms with Gasteiger partial charge in [0, 0.05) is 23.2 Å². The molecule has 0 aliphatic carbocycles.